The molecule has 0 amide bonds. The molecule has 37 heavy (non-hydrogen) atoms. The van der Waals surface area contributed by atoms with Gasteiger partial charge in [-0.3, -0.25) is 0 Å². The third kappa shape index (κ3) is 6.48. The number of benzene rings is 4. The Kier molecular flexibility index (Phi) is 8.96. The minimum Gasteiger partial charge on any atom is -0.445 e. The third-order valence-corrected chi connectivity index (χ3v) is 8.44. The van der Waals surface area contributed by atoms with E-state index in [1.54, 1.807) is 0 Å². The summed E-state index contributed by atoms with van der Waals surface area (Å²) in [5.41, 5.74) is -1.66. The molecule has 0 N–H and O–H groups in total. The average molecular weight is 607 g/mol. The normalized spacial score (nSPS) is 11.6. The van der Waals surface area contributed by atoms with Gasteiger partial charge in [0.2, 0.25) is 0 Å². The molecule has 0 radical (unpaired) electrons. The Labute approximate surface area is 216 Å². The first-order valence-electron chi connectivity index (χ1n) is 10.4. The molecule has 0 saturated heterocycles. The van der Waals surface area contributed by atoms with Crippen LogP contribution in [-0.4, -0.2) is 6.98 Å². The Morgan fingerprint density at radius 2 is 0.973 bits per heavy atom. The van der Waals surface area contributed by atoms with Gasteiger partial charge in [0.1, 0.15) is 17.4 Å². The molecule has 194 valence electrons. The lowest BCUT2D eigenvalue weighted by Crippen LogP contribution is -2.41. The van der Waals surface area contributed by atoms with Crippen LogP contribution in [0.1, 0.15) is 5.56 Å². The fraction of sp³-hybridized carbons (Fsp3) is 0.0400. The van der Waals surface area contributed by atoms with Crippen molar-refractivity contribution in [3.63, 3.8) is 0 Å². The van der Waals surface area contributed by atoms with Crippen molar-refractivity contribution in [2.45, 2.75) is 15.5 Å². The molecule has 0 bridgehead atoms. The maximum atomic E-state index is 13.8. The highest BCUT2D eigenvalue weighted by Crippen LogP contribution is 2.32. The molecular weight excluding hydrogens is 591 g/mol. The van der Waals surface area contributed by atoms with E-state index in [2.05, 4.69) is 15.9 Å². The zero-order chi connectivity index (χ0) is 27.4. The van der Waals surface area contributed by atoms with Crippen LogP contribution in [0.15, 0.2) is 99.2 Å². The van der Waals surface area contributed by atoms with Crippen LogP contribution in [0.4, 0.5) is 34.9 Å². The Bertz CT molecular complexity index is 1340. The van der Waals surface area contributed by atoms with E-state index >= 15 is 0 Å². The van der Waals surface area contributed by atoms with Crippen LogP contribution >= 0.6 is 15.9 Å². The fourth-order valence-corrected chi connectivity index (χ4v) is 6.03. The van der Waals surface area contributed by atoms with E-state index in [1.807, 2.05) is 84.9 Å². The molecule has 0 fully saturated rings. The monoisotopic (exact) mass is 606 g/mol. The molecule has 0 unspecified atom stereocenters. The van der Waals surface area contributed by atoms with E-state index in [4.69, 9.17) is 0 Å². The van der Waals surface area contributed by atoms with Gasteiger partial charge in [-0.2, -0.15) is 0 Å². The molecule has 4 aromatic carbocycles. The first-order valence-corrected chi connectivity index (χ1v) is 13.0. The predicted molar refractivity (Wildman–Crippen MR) is 130 cm³/mol. The van der Waals surface area contributed by atoms with Gasteiger partial charge < -0.3 is 12.9 Å². The molecule has 0 spiro atoms. The van der Waals surface area contributed by atoms with Crippen molar-refractivity contribution in [1.82, 2.24) is 0 Å². The Balaban J connectivity index is 0.000000222. The summed E-state index contributed by atoms with van der Waals surface area (Å²) >= 11 is 3.44. The summed E-state index contributed by atoms with van der Waals surface area (Å²) in [5.74, 6) is -13.0. The van der Waals surface area contributed by atoms with Crippen molar-refractivity contribution < 1.29 is 39.1 Å². The molecular formula is C25H16BBrF8OS. The average Bonchev–Trinajstić information content (AvgIpc) is 2.88. The molecule has 0 aliphatic rings. The molecule has 4 aromatic rings. The Hall–Kier alpha value is -2.99. The lowest BCUT2D eigenvalue weighted by atomic mass is 9.79. The van der Waals surface area contributed by atoms with Crippen LogP contribution in [0.3, 0.4) is 0 Å². The second kappa shape index (κ2) is 11.6. The van der Waals surface area contributed by atoms with Gasteiger partial charge in [-0.25, -0.2) is 22.0 Å². The van der Waals surface area contributed by atoms with Crippen LogP contribution < -0.4 is 5.46 Å². The molecule has 0 atom stereocenters. The van der Waals surface area contributed by atoms with Crippen molar-refractivity contribution >= 4 is 38.3 Å². The van der Waals surface area contributed by atoms with E-state index in [1.165, 1.54) is 0 Å². The van der Waals surface area contributed by atoms with Crippen molar-refractivity contribution in [2.75, 3.05) is 0 Å². The van der Waals surface area contributed by atoms with E-state index in [0.717, 1.165) is 19.8 Å². The SMILES string of the molecule is Fc1c(F)c(F)c([B-](F)(F)F)c(F)c1F.O=[S+](Cc1ccc(Br)cc1)(c1ccccc1)c1ccccc1. The summed E-state index contributed by atoms with van der Waals surface area (Å²) in [5, 5.41) is 0. The van der Waals surface area contributed by atoms with Crippen LogP contribution in [0.25, 0.3) is 0 Å². The van der Waals surface area contributed by atoms with Crippen LogP contribution in [-0.2, 0) is 19.9 Å². The molecule has 4 rings (SSSR count). The maximum Gasteiger partial charge on any atom is 0.515 e. The van der Waals surface area contributed by atoms with Gasteiger partial charge in [0.15, 0.2) is 37.2 Å². The zero-order valence-electron chi connectivity index (χ0n) is 18.6. The standard InChI is InChI=1S/C19H16BrOS.C6BF8/c20-17-13-11-16(12-14-17)15-22(21,18-7-3-1-4-8-18)19-9-5-2-6-10-19;8-2-1(7(13,14)15)3(9)5(11)6(12)4(2)10/h1-14H,15H2;/q+1;-1. The van der Waals surface area contributed by atoms with Gasteiger partial charge in [0, 0.05) is 10.0 Å². The number of hydrogen-bond acceptors (Lipinski definition) is 1. The number of rotatable bonds is 5. The smallest absolute Gasteiger partial charge is 0.445 e. The van der Waals surface area contributed by atoms with Gasteiger partial charge in [0.05, 0.1) is 0 Å². The topological polar surface area (TPSA) is 17.1 Å². The largest absolute Gasteiger partial charge is 0.515 e. The highest BCUT2D eigenvalue weighted by molar-refractivity contribution is 9.10. The molecule has 0 aromatic heterocycles. The second-order valence-electron chi connectivity index (χ2n) is 7.63. The minimum atomic E-state index is -6.30. The minimum absolute atomic E-state index is 0.508. The zero-order valence-corrected chi connectivity index (χ0v) is 21.0. The van der Waals surface area contributed by atoms with Gasteiger partial charge in [-0.05, 0) is 41.9 Å². The van der Waals surface area contributed by atoms with Gasteiger partial charge in [0.25, 0.3) is 0 Å². The molecule has 0 heterocycles. The molecule has 0 saturated carbocycles. The molecule has 0 aliphatic carbocycles. The number of hydrogen-bond donors (Lipinski definition) is 0. The lowest BCUT2D eigenvalue weighted by Gasteiger charge is -2.17. The summed E-state index contributed by atoms with van der Waals surface area (Å²) in [6.07, 6.45) is 0. The number of halogens is 9. The quantitative estimate of drug-likeness (QED) is 0.0740. The lowest BCUT2D eigenvalue weighted by molar-refractivity contribution is 0.377. The third-order valence-electron chi connectivity index (χ3n) is 5.10. The van der Waals surface area contributed by atoms with Crippen LogP contribution in [0, 0.1) is 29.1 Å². The van der Waals surface area contributed by atoms with Crippen LogP contribution in [0.2, 0.25) is 0 Å². The summed E-state index contributed by atoms with van der Waals surface area (Å²) in [4.78, 5) is 1.76. The van der Waals surface area contributed by atoms with E-state index < -0.39 is 51.5 Å². The molecule has 0 aliphatic heterocycles. The van der Waals surface area contributed by atoms with E-state index in [9.17, 15) is 39.1 Å². The van der Waals surface area contributed by atoms with Gasteiger partial charge in [-0.15, -0.1) is 0 Å². The Morgan fingerprint density at radius 3 is 1.35 bits per heavy atom. The summed E-state index contributed by atoms with van der Waals surface area (Å²) in [6, 6.07) is 27.5. The van der Waals surface area contributed by atoms with Gasteiger partial charge in [-0.1, -0.05) is 68.7 Å². The summed E-state index contributed by atoms with van der Waals surface area (Å²) in [6.45, 7) is -6.30. The van der Waals surface area contributed by atoms with Gasteiger partial charge >= 0.3 is 6.98 Å². The fourth-order valence-electron chi connectivity index (χ4n) is 3.31. The van der Waals surface area contributed by atoms with E-state index in [0.29, 0.717) is 5.75 Å². The molecule has 12 heteroatoms. The van der Waals surface area contributed by atoms with Crippen molar-refractivity contribution in [3.05, 3.63) is 124 Å². The van der Waals surface area contributed by atoms with E-state index in [-0.39, 0.29) is 0 Å². The Morgan fingerprint density at radius 1 is 0.595 bits per heavy atom. The van der Waals surface area contributed by atoms with Crippen molar-refractivity contribution in [1.29, 1.82) is 0 Å². The first kappa shape index (κ1) is 28.6. The second-order valence-corrected chi connectivity index (χ2v) is 11.1. The summed E-state index contributed by atoms with van der Waals surface area (Å²) in [7, 11) is -2.33. The highest BCUT2D eigenvalue weighted by atomic mass is 79.9. The maximum absolute atomic E-state index is 13.8. The highest BCUT2D eigenvalue weighted by Gasteiger charge is 2.38. The summed E-state index contributed by atoms with van der Waals surface area (Å²) < 4.78 is 112. The van der Waals surface area contributed by atoms with Crippen molar-refractivity contribution in [3.8, 4) is 0 Å². The first-order chi connectivity index (χ1) is 17.4. The van der Waals surface area contributed by atoms with Crippen molar-refractivity contribution in [2.24, 2.45) is 0 Å². The predicted octanol–water partition coefficient (Wildman–Crippen LogP) is 8.00. The molecule has 1 nitrogen and oxygen atoms in total. The van der Waals surface area contributed by atoms with Crippen LogP contribution in [0.5, 0.6) is 0 Å².